The van der Waals surface area contributed by atoms with Crippen LogP contribution in [0.4, 0.5) is 8.78 Å². The number of carbonyl (C=O) groups excluding carboxylic acids is 1. The number of guanidine groups is 1. The maximum atomic E-state index is 13.7. The molecule has 1 N–H and O–H groups in total. The Hall–Kier alpha value is -1.45. The highest BCUT2D eigenvalue weighted by molar-refractivity contribution is 14.0. The number of hydrogen-bond acceptors (Lipinski definition) is 2. The first-order valence-corrected chi connectivity index (χ1v) is 8.85. The molecule has 3 rings (SSSR count). The minimum atomic E-state index is -0.450. The summed E-state index contributed by atoms with van der Waals surface area (Å²) in [5.41, 5.74) is 0.314. The molecule has 1 saturated carbocycles. The number of nitrogens with zero attached hydrogens (tertiary/aromatic N) is 3. The Bertz CT molecular complexity index is 667. The van der Waals surface area contributed by atoms with Crippen LogP contribution in [0.25, 0.3) is 0 Å². The van der Waals surface area contributed by atoms with Crippen LogP contribution in [0, 0.1) is 11.6 Å². The average molecular weight is 478 g/mol. The molecule has 0 radical (unpaired) electrons. The summed E-state index contributed by atoms with van der Waals surface area (Å²) in [4.78, 5) is 20.7. The van der Waals surface area contributed by atoms with Crippen molar-refractivity contribution >= 4 is 35.8 Å². The second kappa shape index (κ2) is 9.48. The Morgan fingerprint density at radius 1 is 1.31 bits per heavy atom. The second-order valence-electron chi connectivity index (χ2n) is 6.46. The number of benzene rings is 1. The first-order valence-electron chi connectivity index (χ1n) is 8.85. The average Bonchev–Trinajstić information content (AvgIpc) is 3.42. The van der Waals surface area contributed by atoms with Gasteiger partial charge in [-0.1, -0.05) is 0 Å². The summed E-state index contributed by atoms with van der Waals surface area (Å²) < 4.78 is 26.9. The predicted octanol–water partition coefficient (Wildman–Crippen LogP) is 2.40. The van der Waals surface area contributed by atoms with Gasteiger partial charge in [0.25, 0.3) is 0 Å². The summed E-state index contributed by atoms with van der Waals surface area (Å²) in [6, 6.07) is 3.88. The van der Waals surface area contributed by atoms with Gasteiger partial charge in [0.2, 0.25) is 5.91 Å². The minimum Gasteiger partial charge on any atom is -0.357 e. The molecule has 1 aliphatic carbocycles. The van der Waals surface area contributed by atoms with Crippen LogP contribution >= 0.6 is 24.0 Å². The Labute approximate surface area is 169 Å². The maximum Gasteiger partial charge on any atom is 0.242 e. The van der Waals surface area contributed by atoms with Crippen molar-refractivity contribution < 1.29 is 13.6 Å². The van der Waals surface area contributed by atoms with Crippen LogP contribution in [0.15, 0.2) is 23.2 Å². The number of halogens is 3. The number of nitrogens with one attached hydrogen (secondary N) is 1. The monoisotopic (exact) mass is 478 g/mol. The van der Waals surface area contributed by atoms with Gasteiger partial charge in [0.1, 0.15) is 11.6 Å². The van der Waals surface area contributed by atoms with Gasteiger partial charge in [-0.15, -0.1) is 24.0 Å². The van der Waals surface area contributed by atoms with Crippen LogP contribution in [0.3, 0.4) is 0 Å². The van der Waals surface area contributed by atoms with Crippen molar-refractivity contribution in [1.29, 1.82) is 0 Å². The SMILES string of the molecule is CCNC(=NCCc1cc(F)ccc1F)N1CCN(C2CC2)C(=O)C1.I. The van der Waals surface area contributed by atoms with Gasteiger partial charge in [0, 0.05) is 32.2 Å². The van der Waals surface area contributed by atoms with Crippen LogP contribution in [-0.4, -0.2) is 60.4 Å². The molecule has 0 bridgehead atoms. The summed E-state index contributed by atoms with van der Waals surface area (Å²) in [7, 11) is 0. The molecular formula is C18H25F2IN4O. The smallest absolute Gasteiger partial charge is 0.242 e. The van der Waals surface area contributed by atoms with E-state index in [0.717, 1.165) is 31.5 Å². The lowest BCUT2D eigenvalue weighted by atomic mass is 10.1. The fourth-order valence-corrected chi connectivity index (χ4v) is 3.08. The van der Waals surface area contributed by atoms with Crippen molar-refractivity contribution in [1.82, 2.24) is 15.1 Å². The third-order valence-electron chi connectivity index (χ3n) is 4.53. The first kappa shape index (κ1) is 20.9. The van der Waals surface area contributed by atoms with Gasteiger partial charge in [-0.2, -0.15) is 0 Å². The molecular weight excluding hydrogens is 453 g/mol. The second-order valence-corrected chi connectivity index (χ2v) is 6.46. The number of carbonyl (C=O) groups is 1. The van der Waals surface area contributed by atoms with E-state index in [1.807, 2.05) is 16.7 Å². The van der Waals surface area contributed by atoms with Gasteiger partial charge in [-0.3, -0.25) is 9.79 Å². The number of piperazine rings is 1. The molecule has 1 aliphatic heterocycles. The van der Waals surface area contributed by atoms with Crippen molar-refractivity contribution in [2.45, 2.75) is 32.2 Å². The van der Waals surface area contributed by atoms with E-state index in [0.29, 0.717) is 50.2 Å². The van der Waals surface area contributed by atoms with Crippen LogP contribution in [0.2, 0.25) is 0 Å². The molecule has 8 heteroatoms. The lowest BCUT2D eigenvalue weighted by Crippen LogP contribution is -2.55. The van der Waals surface area contributed by atoms with E-state index in [9.17, 15) is 13.6 Å². The Balaban J connectivity index is 0.00000243. The highest BCUT2D eigenvalue weighted by atomic mass is 127. The summed E-state index contributed by atoms with van der Waals surface area (Å²) in [5.74, 6) is -0.0810. The zero-order valence-corrected chi connectivity index (χ0v) is 17.2. The van der Waals surface area contributed by atoms with E-state index >= 15 is 0 Å². The van der Waals surface area contributed by atoms with Gasteiger partial charge in [-0.05, 0) is 49.9 Å². The molecule has 1 aromatic rings. The largest absolute Gasteiger partial charge is 0.357 e. The highest BCUT2D eigenvalue weighted by Gasteiger charge is 2.36. The van der Waals surface area contributed by atoms with Crippen LogP contribution < -0.4 is 5.32 Å². The Morgan fingerprint density at radius 3 is 2.73 bits per heavy atom. The maximum absolute atomic E-state index is 13.7. The van der Waals surface area contributed by atoms with Crippen LogP contribution in [0.5, 0.6) is 0 Å². The molecule has 2 aliphatic rings. The van der Waals surface area contributed by atoms with Crippen molar-refractivity contribution in [2.24, 2.45) is 4.99 Å². The molecule has 0 spiro atoms. The zero-order valence-electron chi connectivity index (χ0n) is 14.9. The van der Waals surface area contributed by atoms with Crippen molar-refractivity contribution in [2.75, 3.05) is 32.7 Å². The quantitative estimate of drug-likeness (QED) is 0.402. The summed E-state index contributed by atoms with van der Waals surface area (Å²) >= 11 is 0. The third kappa shape index (κ3) is 5.28. The van der Waals surface area contributed by atoms with E-state index in [1.165, 1.54) is 6.07 Å². The number of hydrogen-bond donors (Lipinski definition) is 1. The molecule has 1 amide bonds. The van der Waals surface area contributed by atoms with Gasteiger partial charge in [0.15, 0.2) is 5.96 Å². The molecule has 26 heavy (non-hydrogen) atoms. The Kier molecular flexibility index (Phi) is 7.60. The molecule has 0 atom stereocenters. The molecule has 0 aromatic heterocycles. The fraction of sp³-hybridized carbons (Fsp3) is 0.556. The number of amides is 1. The normalized spacial score (nSPS) is 18.0. The van der Waals surface area contributed by atoms with Gasteiger partial charge in [-0.25, -0.2) is 8.78 Å². The third-order valence-corrected chi connectivity index (χ3v) is 4.53. The summed E-state index contributed by atoms with van der Waals surface area (Å²) in [6.45, 7) is 4.75. The summed E-state index contributed by atoms with van der Waals surface area (Å²) in [6.07, 6.45) is 2.53. The standard InChI is InChI=1S/C18H24F2N4O.HI/c1-2-21-18(22-8-7-13-11-14(19)3-6-16(13)20)23-9-10-24(15-4-5-15)17(25)12-23;/h3,6,11,15H,2,4-5,7-10,12H2,1H3,(H,21,22);1H. The van der Waals surface area contributed by atoms with Crippen LogP contribution in [-0.2, 0) is 11.2 Å². The predicted molar refractivity (Wildman–Crippen MR) is 108 cm³/mol. The van der Waals surface area contributed by atoms with Gasteiger partial charge in [0.05, 0.1) is 6.54 Å². The number of aliphatic imine (C=N–C) groups is 1. The van der Waals surface area contributed by atoms with Crippen LogP contribution in [0.1, 0.15) is 25.3 Å². The molecule has 1 saturated heterocycles. The Morgan fingerprint density at radius 2 is 2.08 bits per heavy atom. The topological polar surface area (TPSA) is 47.9 Å². The molecule has 5 nitrogen and oxygen atoms in total. The van der Waals surface area contributed by atoms with Gasteiger partial charge < -0.3 is 15.1 Å². The fourth-order valence-electron chi connectivity index (χ4n) is 3.08. The first-order chi connectivity index (χ1) is 12.1. The van der Waals surface area contributed by atoms with E-state index in [2.05, 4.69) is 10.3 Å². The molecule has 2 fully saturated rings. The van der Waals surface area contributed by atoms with E-state index in [4.69, 9.17) is 0 Å². The van der Waals surface area contributed by atoms with E-state index in [-0.39, 0.29) is 29.9 Å². The van der Waals surface area contributed by atoms with Crippen molar-refractivity contribution in [3.63, 3.8) is 0 Å². The lowest BCUT2D eigenvalue weighted by Gasteiger charge is -2.36. The lowest BCUT2D eigenvalue weighted by molar-refractivity contribution is -0.135. The van der Waals surface area contributed by atoms with E-state index < -0.39 is 11.6 Å². The highest BCUT2D eigenvalue weighted by Crippen LogP contribution is 2.28. The minimum absolute atomic E-state index is 0. The van der Waals surface area contributed by atoms with Crippen molar-refractivity contribution in [3.05, 3.63) is 35.4 Å². The molecule has 144 valence electrons. The van der Waals surface area contributed by atoms with E-state index in [1.54, 1.807) is 0 Å². The summed E-state index contributed by atoms with van der Waals surface area (Å²) in [5, 5.41) is 3.18. The molecule has 1 aromatic carbocycles. The zero-order chi connectivity index (χ0) is 17.8. The molecule has 1 heterocycles. The van der Waals surface area contributed by atoms with Crippen molar-refractivity contribution in [3.8, 4) is 0 Å². The van der Waals surface area contributed by atoms with Gasteiger partial charge >= 0.3 is 0 Å². The molecule has 0 unspecified atom stereocenters. The number of rotatable bonds is 5.